The minimum Gasteiger partial charge on any atom is -0.436 e. The first kappa shape index (κ1) is 18.0. The summed E-state index contributed by atoms with van der Waals surface area (Å²) < 4.78 is 6.62. The fourth-order valence-corrected chi connectivity index (χ4v) is 2.71. The number of primary amides is 1. The van der Waals surface area contributed by atoms with E-state index in [1.54, 1.807) is 4.57 Å². The molecule has 24 heavy (non-hydrogen) atoms. The topological polar surface area (TPSA) is 77.6 Å². The lowest BCUT2D eigenvalue weighted by Crippen LogP contribution is -2.37. The molecule has 0 bridgehead atoms. The van der Waals surface area contributed by atoms with Crippen LogP contribution in [0.2, 0.25) is 0 Å². The summed E-state index contributed by atoms with van der Waals surface area (Å²) in [6.07, 6.45) is 0.832. The van der Waals surface area contributed by atoms with Crippen molar-refractivity contribution in [2.24, 2.45) is 11.7 Å². The molecule has 1 aromatic carbocycles. The van der Waals surface area contributed by atoms with Crippen LogP contribution in [0.4, 0.5) is 4.79 Å². The van der Waals surface area contributed by atoms with Gasteiger partial charge in [0.25, 0.3) is 5.91 Å². The highest BCUT2D eigenvalue weighted by molar-refractivity contribution is 5.97. The summed E-state index contributed by atoms with van der Waals surface area (Å²) in [5.74, 6) is -0.451. The van der Waals surface area contributed by atoms with Crippen LogP contribution in [0.5, 0.6) is 0 Å². The highest BCUT2D eigenvalue weighted by atomic mass is 16.6. The van der Waals surface area contributed by atoms with E-state index in [1.165, 1.54) is 0 Å². The molecule has 0 aliphatic rings. The van der Waals surface area contributed by atoms with Crippen LogP contribution in [0.1, 0.15) is 24.2 Å². The van der Waals surface area contributed by atoms with Gasteiger partial charge in [0.15, 0.2) is 6.10 Å². The highest BCUT2D eigenvalue weighted by Gasteiger charge is 2.28. The molecule has 0 saturated heterocycles. The SMILES string of the molecule is CC(C)C(OC(N)=O)C(=O)n1cc(CCN(C)C)c2ccccc21. The number of benzene rings is 1. The summed E-state index contributed by atoms with van der Waals surface area (Å²) in [5.41, 5.74) is 7.02. The molecule has 0 spiro atoms. The number of nitrogens with zero attached hydrogens (tertiary/aromatic N) is 2. The fraction of sp³-hybridized carbons (Fsp3) is 0.444. The second-order valence-electron chi connectivity index (χ2n) is 6.53. The maximum atomic E-state index is 12.9. The number of likely N-dealkylation sites (N-methyl/N-ethyl adjacent to an activating group) is 1. The lowest BCUT2D eigenvalue weighted by molar-refractivity contribution is 0.0459. The number of ether oxygens (including phenoxy) is 1. The number of nitrogens with two attached hydrogens (primary N) is 1. The number of hydrogen-bond acceptors (Lipinski definition) is 4. The third-order valence-electron chi connectivity index (χ3n) is 3.95. The van der Waals surface area contributed by atoms with Gasteiger partial charge in [-0.2, -0.15) is 0 Å². The van der Waals surface area contributed by atoms with Gasteiger partial charge < -0.3 is 15.4 Å². The molecule has 2 aromatic rings. The zero-order valence-electron chi connectivity index (χ0n) is 14.7. The monoisotopic (exact) mass is 331 g/mol. The number of carbonyl (C=O) groups excluding carboxylic acids is 2. The molecule has 130 valence electrons. The summed E-state index contributed by atoms with van der Waals surface area (Å²) in [4.78, 5) is 26.1. The van der Waals surface area contributed by atoms with Gasteiger partial charge in [-0.15, -0.1) is 0 Å². The van der Waals surface area contributed by atoms with Gasteiger partial charge in [0.05, 0.1) is 5.52 Å². The van der Waals surface area contributed by atoms with Crippen LogP contribution < -0.4 is 5.73 Å². The third-order valence-corrected chi connectivity index (χ3v) is 3.95. The Kier molecular flexibility index (Phi) is 5.62. The lowest BCUT2D eigenvalue weighted by atomic mass is 10.1. The Labute approximate surface area is 142 Å². The largest absolute Gasteiger partial charge is 0.436 e. The Morgan fingerprint density at radius 3 is 2.50 bits per heavy atom. The second-order valence-corrected chi connectivity index (χ2v) is 6.53. The quantitative estimate of drug-likeness (QED) is 0.882. The van der Waals surface area contributed by atoms with Crippen molar-refractivity contribution in [1.82, 2.24) is 9.47 Å². The van der Waals surface area contributed by atoms with Crippen molar-refractivity contribution in [2.45, 2.75) is 26.4 Å². The minimum absolute atomic E-state index is 0.170. The van der Waals surface area contributed by atoms with E-state index in [4.69, 9.17) is 10.5 Å². The van der Waals surface area contributed by atoms with Gasteiger partial charge in [-0.3, -0.25) is 9.36 Å². The Morgan fingerprint density at radius 1 is 1.25 bits per heavy atom. The van der Waals surface area contributed by atoms with Gasteiger partial charge in [-0.1, -0.05) is 32.0 Å². The number of hydrogen-bond donors (Lipinski definition) is 1. The number of aromatic nitrogens is 1. The van der Waals surface area contributed by atoms with Crippen molar-refractivity contribution in [3.8, 4) is 0 Å². The van der Waals surface area contributed by atoms with Crippen molar-refractivity contribution in [3.63, 3.8) is 0 Å². The molecule has 1 unspecified atom stereocenters. The first-order chi connectivity index (χ1) is 11.3. The number of rotatable bonds is 6. The smallest absolute Gasteiger partial charge is 0.405 e. The highest BCUT2D eigenvalue weighted by Crippen LogP contribution is 2.23. The van der Waals surface area contributed by atoms with Crippen LogP contribution in [0, 0.1) is 5.92 Å². The summed E-state index contributed by atoms with van der Waals surface area (Å²) >= 11 is 0. The molecule has 0 aliphatic heterocycles. The summed E-state index contributed by atoms with van der Waals surface area (Å²) in [6, 6.07) is 7.74. The average molecular weight is 331 g/mol. The van der Waals surface area contributed by atoms with Crippen LogP contribution in [0.3, 0.4) is 0 Å². The first-order valence-electron chi connectivity index (χ1n) is 8.05. The molecule has 6 heteroatoms. The summed E-state index contributed by atoms with van der Waals surface area (Å²) in [6.45, 7) is 4.53. The molecule has 6 nitrogen and oxygen atoms in total. The molecular weight excluding hydrogens is 306 g/mol. The number of fused-ring (bicyclic) bond motifs is 1. The van der Waals surface area contributed by atoms with Crippen molar-refractivity contribution in [3.05, 3.63) is 36.0 Å². The van der Waals surface area contributed by atoms with Crippen LogP contribution in [-0.4, -0.2) is 48.2 Å². The summed E-state index contributed by atoms with van der Waals surface area (Å²) in [5, 5.41) is 1.04. The van der Waals surface area contributed by atoms with E-state index in [-0.39, 0.29) is 11.8 Å². The predicted octanol–water partition coefficient (Wildman–Crippen LogP) is 2.51. The molecule has 0 radical (unpaired) electrons. The molecule has 0 saturated carbocycles. The van der Waals surface area contributed by atoms with Crippen LogP contribution in [0.15, 0.2) is 30.5 Å². The number of amides is 1. The van der Waals surface area contributed by atoms with Gasteiger partial charge in [0.2, 0.25) is 0 Å². The molecule has 1 heterocycles. The van der Waals surface area contributed by atoms with E-state index in [1.807, 2.05) is 58.4 Å². The number of carbonyl (C=O) groups is 2. The van der Waals surface area contributed by atoms with E-state index in [9.17, 15) is 9.59 Å². The molecule has 1 amide bonds. The molecule has 2 rings (SSSR count). The zero-order valence-corrected chi connectivity index (χ0v) is 14.7. The Bertz CT molecular complexity index is 734. The maximum Gasteiger partial charge on any atom is 0.405 e. The molecule has 0 fully saturated rings. The van der Waals surface area contributed by atoms with Gasteiger partial charge in [0.1, 0.15) is 0 Å². The second kappa shape index (κ2) is 7.49. The first-order valence-corrected chi connectivity index (χ1v) is 8.05. The van der Waals surface area contributed by atoms with Crippen molar-refractivity contribution in [1.29, 1.82) is 0 Å². The Balaban J connectivity index is 2.43. The molecule has 2 N–H and O–H groups in total. The zero-order chi connectivity index (χ0) is 17.9. The standard InChI is InChI=1S/C18H25N3O3/c1-12(2)16(24-18(19)23)17(22)21-11-13(9-10-20(3)4)14-7-5-6-8-15(14)21/h5-8,11-12,16H,9-10H2,1-4H3,(H2,19,23). The van der Waals surface area contributed by atoms with E-state index >= 15 is 0 Å². The molecular formula is C18H25N3O3. The number of para-hydroxylation sites is 1. The van der Waals surface area contributed by atoms with Crippen molar-refractivity contribution in [2.75, 3.05) is 20.6 Å². The maximum absolute atomic E-state index is 12.9. The van der Waals surface area contributed by atoms with Crippen molar-refractivity contribution >= 4 is 22.9 Å². The predicted molar refractivity (Wildman–Crippen MR) is 94.1 cm³/mol. The third kappa shape index (κ3) is 3.94. The van der Waals surface area contributed by atoms with Crippen LogP contribution in [0.25, 0.3) is 10.9 Å². The lowest BCUT2D eigenvalue weighted by Gasteiger charge is -2.19. The molecule has 0 aliphatic carbocycles. The van der Waals surface area contributed by atoms with Gasteiger partial charge in [-0.25, -0.2) is 4.79 Å². The fourth-order valence-electron chi connectivity index (χ4n) is 2.71. The average Bonchev–Trinajstić information content (AvgIpc) is 2.88. The van der Waals surface area contributed by atoms with E-state index in [0.29, 0.717) is 0 Å². The summed E-state index contributed by atoms with van der Waals surface area (Å²) in [7, 11) is 4.03. The van der Waals surface area contributed by atoms with E-state index in [0.717, 1.165) is 29.4 Å². The normalized spacial score (nSPS) is 12.8. The minimum atomic E-state index is -0.939. The van der Waals surface area contributed by atoms with E-state index in [2.05, 4.69) is 4.90 Å². The van der Waals surface area contributed by atoms with Crippen LogP contribution in [-0.2, 0) is 11.2 Å². The van der Waals surface area contributed by atoms with Crippen LogP contribution >= 0.6 is 0 Å². The van der Waals surface area contributed by atoms with Gasteiger partial charge in [-0.05, 0) is 38.1 Å². The molecule has 1 atom stereocenters. The Hall–Kier alpha value is -2.34. The molecule has 1 aromatic heterocycles. The van der Waals surface area contributed by atoms with Gasteiger partial charge in [0, 0.05) is 18.1 Å². The van der Waals surface area contributed by atoms with E-state index < -0.39 is 12.2 Å². The van der Waals surface area contributed by atoms with Crippen molar-refractivity contribution < 1.29 is 14.3 Å². The Morgan fingerprint density at radius 2 is 1.92 bits per heavy atom. The van der Waals surface area contributed by atoms with Gasteiger partial charge >= 0.3 is 6.09 Å².